The summed E-state index contributed by atoms with van der Waals surface area (Å²) in [5.74, 6) is 2.16. The minimum Gasteiger partial charge on any atom is -0.478 e. The van der Waals surface area contributed by atoms with Gasteiger partial charge in [0.1, 0.15) is 5.54 Å². The van der Waals surface area contributed by atoms with Crippen LogP contribution in [-0.4, -0.2) is 36.2 Å². The van der Waals surface area contributed by atoms with Crippen LogP contribution in [0.1, 0.15) is 128 Å². The Kier molecular flexibility index (Phi) is 7.61. The van der Waals surface area contributed by atoms with Gasteiger partial charge in [0.2, 0.25) is 0 Å². The molecule has 256 valence electrons. The van der Waals surface area contributed by atoms with Crippen molar-refractivity contribution in [3.8, 4) is 0 Å². The number of carboxylic acids is 1. The molecule has 0 spiro atoms. The number of aromatic carboxylic acids is 1. The van der Waals surface area contributed by atoms with Gasteiger partial charge in [-0.15, -0.1) is 0 Å². The second-order valence-electron chi connectivity index (χ2n) is 18.4. The van der Waals surface area contributed by atoms with E-state index in [-0.39, 0.29) is 33.0 Å². The van der Waals surface area contributed by atoms with E-state index in [2.05, 4.69) is 59.5 Å². The molecule has 5 heteroatoms. The fourth-order valence-corrected chi connectivity index (χ4v) is 13.6. The number of methoxy groups -OCH3 is 1. The van der Waals surface area contributed by atoms with Gasteiger partial charge in [0.15, 0.2) is 0 Å². The minimum absolute atomic E-state index is 0.0130. The Morgan fingerprint density at radius 1 is 0.894 bits per heavy atom. The van der Waals surface area contributed by atoms with Crippen molar-refractivity contribution in [1.82, 2.24) is 5.32 Å². The Hall–Kier alpha value is -2.40. The first kappa shape index (κ1) is 33.1. The van der Waals surface area contributed by atoms with Crippen LogP contribution in [0.3, 0.4) is 0 Å². The highest BCUT2D eigenvalue weighted by Crippen LogP contribution is 2.77. The predicted molar refractivity (Wildman–Crippen MR) is 188 cm³/mol. The average molecular weight is 642 g/mol. The van der Waals surface area contributed by atoms with Gasteiger partial charge in [-0.2, -0.15) is 0 Å². The molecule has 5 saturated carbocycles. The molecule has 47 heavy (non-hydrogen) atoms. The van der Waals surface area contributed by atoms with Crippen molar-refractivity contribution in [2.24, 2.45) is 56.7 Å². The van der Waals surface area contributed by atoms with Crippen molar-refractivity contribution < 1.29 is 19.4 Å². The van der Waals surface area contributed by atoms with Gasteiger partial charge in [-0.1, -0.05) is 65.0 Å². The standard InChI is InChI=1S/C42H59NO4/c1-26(2)29-15-20-41(25-43-42(23-24-42)36(46)47-8)22-21-39(6)31(34(29)41)13-14-33-38(5)18-16-30(27-9-11-28(12-10-27)35(44)45)37(3,4)32(38)17-19-40(33,39)7/h9-12,16,29,31-34,43H,1,13-15,17-25H2,2-8H3,(H,44,45)/t29-,31+,32-,33+,34+,38-,39+,40+,41+/m0/s1. The number of esters is 1. The molecule has 6 aliphatic rings. The first-order valence-corrected chi connectivity index (χ1v) is 18.6. The summed E-state index contributed by atoms with van der Waals surface area (Å²) in [4.78, 5) is 24.3. The molecule has 5 fully saturated rings. The van der Waals surface area contributed by atoms with Crippen molar-refractivity contribution in [2.75, 3.05) is 13.7 Å². The largest absolute Gasteiger partial charge is 0.478 e. The van der Waals surface area contributed by atoms with E-state index in [9.17, 15) is 14.7 Å². The van der Waals surface area contributed by atoms with E-state index < -0.39 is 11.5 Å². The van der Waals surface area contributed by atoms with Crippen LogP contribution in [-0.2, 0) is 9.53 Å². The predicted octanol–water partition coefficient (Wildman–Crippen LogP) is 9.33. The van der Waals surface area contributed by atoms with Gasteiger partial charge >= 0.3 is 11.9 Å². The van der Waals surface area contributed by atoms with E-state index in [1.807, 2.05) is 12.1 Å². The highest BCUT2D eigenvalue weighted by molar-refractivity contribution is 5.88. The van der Waals surface area contributed by atoms with E-state index in [0.29, 0.717) is 35.2 Å². The third-order valence-corrected chi connectivity index (χ3v) is 16.4. The van der Waals surface area contributed by atoms with Crippen LogP contribution in [0.2, 0.25) is 0 Å². The van der Waals surface area contributed by atoms with Crippen LogP contribution in [0.15, 0.2) is 42.5 Å². The Morgan fingerprint density at radius 3 is 2.21 bits per heavy atom. The van der Waals surface area contributed by atoms with Crippen LogP contribution in [0.4, 0.5) is 0 Å². The van der Waals surface area contributed by atoms with Gasteiger partial charge in [-0.3, -0.25) is 4.79 Å². The van der Waals surface area contributed by atoms with Crippen molar-refractivity contribution in [3.63, 3.8) is 0 Å². The van der Waals surface area contributed by atoms with Crippen LogP contribution in [0.25, 0.3) is 5.57 Å². The molecule has 1 aromatic rings. The molecule has 0 aromatic heterocycles. The third kappa shape index (κ3) is 4.56. The summed E-state index contributed by atoms with van der Waals surface area (Å²) >= 11 is 0. The molecule has 0 heterocycles. The van der Waals surface area contributed by atoms with E-state index in [1.54, 1.807) is 12.1 Å². The minimum atomic E-state index is -0.868. The SMILES string of the molecule is C=C(C)[C@@H]1CC[C@]2(CNC3(C(=O)OC)CC3)CC[C@]3(C)[C@H](CC[C@@H]4[C@@]5(C)CC=C(c6ccc(C(=O)O)cc6)C(C)(C)[C@@H]5CC[C@]43C)[C@@H]12. The lowest BCUT2D eigenvalue weighted by molar-refractivity contribution is -0.225. The fourth-order valence-electron chi connectivity index (χ4n) is 13.6. The summed E-state index contributed by atoms with van der Waals surface area (Å²) in [6.45, 7) is 20.7. The normalized spacial score (nSPS) is 42.5. The van der Waals surface area contributed by atoms with Crippen LogP contribution >= 0.6 is 0 Å². The monoisotopic (exact) mass is 641 g/mol. The fraction of sp³-hybridized carbons (Fsp3) is 0.714. The number of carboxylic acid groups (broad SMARTS) is 1. The van der Waals surface area contributed by atoms with E-state index in [1.165, 1.54) is 75.2 Å². The Morgan fingerprint density at radius 2 is 1.60 bits per heavy atom. The van der Waals surface area contributed by atoms with E-state index >= 15 is 0 Å². The zero-order valence-electron chi connectivity index (χ0n) is 30.1. The number of hydrogen-bond donors (Lipinski definition) is 2. The number of nitrogens with one attached hydrogen (secondary N) is 1. The molecule has 0 radical (unpaired) electrons. The van der Waals surface area contributed by atoms with Crippen molar-refractivity contribution in [1.29, 1.82) is 0 Å². The van der Waals surface area contributed by atoms with Crippen molar-refractivity contribution in [2.45, 2.75) is 118 Å². The first-order chi connectivity index (χ1) is 22.1. The summed E-state index contributed by atoms with van der Waals surface area (Å²) in [5.41, 5.74) is 4.85. The molecule has 6 aliphatic carbocycles. The Bertz CT molecular complexity index is 1500. The quantitative estimate of drug-likeness (QED) is 0.229. The average Bonchev–Trinajstić information content (AvgIpc) is 3.72. The van der Waals surface area contributed by atoms with Gasteiger partial charge in [0, 0.05) is 6.54 Å². The number of fused-ring (bicyclic) bond motifs is 7. The maximum absolute atomic E-state index is 12.7. The van der Waals surface area contributed by atoms with Crippen molar-refractivity contribution >= 4 is 17.5 Å². The van der Waals surface area contributed by atoms with Gasteiger partial charge in [-0.05, 0) is 157 Å². The number of hydrogen-bond acceptors (Lipinski definition) is 4. The summed E-state index contributed by atoms with van der Waals surface area (Å²) in [6, 6.07) is 7.58. The molecule has 1 aromatic carbocycles. The molecule has 0 aliphatic heterocycles. The number of ether oxygens (including phenoxy) is 1. The zero-order chi connectivity index (χ0) is 33.8. The summed E-state index contributed by atoms with van der Waals surface area (Å²) in [7, 11) is 1.53. The molecule has 0 bridgehead atoms. The zero-order valence-corrected chi connectivity index (χ0v) is 30.1. The molecule has 9 atom stereocenters. The first-order valence-electron chi connectivity index (χ1n) is 18.6. The Labute approximate surface area is 283 Å². The van der Waals surface area contributed by atoms with Gasteiger partial charge in [-0.25, -0.2) is 4.79 Å². The number of rotatable bonds is 7. The molecule has 5 nitrogen and oxygen atoms in total. The number of carbonyl (C=O) groups excluding carboxylic acids is 1. The van der Waals surface area contributed by atoms with Gasteiger partial charge < -0.3 is 15.2 Å². The molecule has 0 saturated heterocycles. The topological polar surface area (TPSA) is 75.6 Å². The van der Waals surface area contributed by atoms with E-state index in [0.717, 1.165) is 25.8 Å². The summed E-state index contributed by atoms with van der Waals surface area (Å²) < 4.78 is 5.23. The number of benzene rings is 1. The lowest BCUT2D eigenvalue weighted by Crippen LogP contribution is -2.66. The molecular formula is C42H59NO4. The van der Waals surface area contributed by atoms with Gasteiger partial charge in [0.25, 0.3) is 0 Å². The molecule has 2 N–H and O–H groups in total. The summed E-state index contributed by atoms with van der Waals surface area (Å²) in [6.07, 6.45) is 15.5. The number of carbonyl (C=O) groups is 2. The highest BCUT2D eigenvalue weighted by atomic mass is 16.5. The second-order valence-corrected chi connectivity index (χ2v) is 18.4. The number of allylic oxidation sites excluding steroid dienone is 3. The highest BCUT2D eigenvalue weighted by Gasteiger charge is 2.70. The lowest BCUT2D eigenvalue weighted by atomic mass is 9.32. The van der Waals surface area contributed by atoms with Crippen molar-refractivity contribution in [3.05, 3.63) is 53.6 Å². The maximum atomic E-state index is 12.7. The molecule has 0 unspecified atom stereocenters. The molecular weight excluding hydrogens is 582 g/mol. The summed E-state index contributed by atoms with van der Waals surface area (Å²) in [5, 5.41) is 13.3. The lowest BCUT2D eigenvalue weighted by Gasteiger charge is -2.72. The smallest absolute Gasteiger partial charge is 0.335 e. The van der Waals surface area contributed by atoms with Crippen LogP contribution in [0.5, 0.6) is 0 Å². The van der Waals surface area contributed by atoms with Gasteiger partial charge in [0.05, 0.1) is 12.7 Å². The van der Waals surface area contributed by atoms with Crippen LogP contribution < -0.4 is 5.32 Å². The molecule has 0 amide bonds. The van der Waals surface area contributed by atoms with E-state index in [4.69, 9.17) is 4.74 Å². The Balaban J connectivity index is 1.20. The molecule has 7 rings (SSSR count). The third-order valence-electron chi connectivity index (χ3n) is 16.4. The maximum Gasteiger partial charge on any atom is 0.335 e. The second kappa shape index (κ2) is 10.8. The van der Waals surface area contributed by atoms with Crippen LogP contribution in [0, 0.1) is 56.7 Å².